The van der Waals surface area contributed by atoms with Gasteiger partial charge in [0.1, 0.15) is 0 Å². The van der Waals surface area contributed by atoms with Crippen LogP contribution in [0, 0.1) is 12.8 Å². The molecule has 1 amide bonds. The zero-order valence-corrected chi connectivity index (χ0v) is 19.5. The van der Waals surface area contributed by atoms with Crippen LogP contribution in [0.4, 0.5) is 0 Å². The molecule has 0 radical (unpaired) electrons. The van der Waals surface area contributed by atoms with Gasteiger partial charge in [0.25, 0.3) is 5.91 Å². The minimum Gasteiger partial charge on any atom is -0.344 e. The molecule has 166 valence electrons. The fourth-order valence-corrected chi connectivity index (χ4v) is 4.07. The van der Waals surface area contributed by atoms with Crippen molar-refractivity contribution < 1.29 is 4.79 Å². The zero-order chi connectivity index (χ0) is 20.8. The van der Waals surface area contributed by atoms with Crippen molar-refractivity contribution in [2.45, 2.75) is 71.9 Å². The average molecular weight is 434 g/mol. The van der Waals surface area contributed by atoms with Crippen LogP contribution in [0.2, 0.25) is 0 Å². The van der Waals surface area contributed by atoms with Crippen molar-refractivity contribution in [3.8, 4) is 0 Å². The second-order valence-corrected chi connectivity index (χ2v) is 8.49. The third-order valence-corrected chi connectivity index (χ3v) is 5.91. The molecular formula is C23H36ClN5O. The fraction of sp³-hybridized carbons (Fsp3) is 0.609. The highest BCUT2D eigenvalue weighted by Gasteiger charge is 2.25. The van der Waals surface area contributed by atoms with Crippen LogP contribution in [-0.2, 0) is 6.42 Å². The smallest absolute Gasteiger partial charge is 0.274 e. The predicted octanol–water partition coefficient (Wildman–Crippen LogP) is 4.40. The normalized spacial score (nSPS) is 15.6. The van der Waals surface area contributed by atoms with Crippen LogP contribution in [0.1, 0.15) is 85.8 Å². The highest BCUT2D eigenvalue weighted by molar-refractivity contribution is 5.93. The van der Waals surface area contributed by atoms with E-state index in [1.54, 1.807) is 0 Å². The number of nitrogens with zero attached hydrogens (tertiary/aromatic N) is 3. The summed E-state index contributed by atoms with van der Waals surface area (Å²) >= 11 is 0. The van der Waals surface area contributed by atoms with Crippen molar-refractivity contribution in [1.29, 1.82) is 0 Å². The number of piperidine rings is 1. The Balaban J connectivity index is 0.00000320. The molecule has 1 atom stereocenters. The number of hydrogen-bond donors (Lipinski definition) is 2. The van der Waals surface area contributed by atoms with Gasteiger partial charge in [-0.15, -0.1) is 17.5 Å². The minimum absolute atomic E-state index is 0. The lowest BCUT2D eigenvalue weighted by atomic mass is 9.94. The summed E-state index contributed by atoms with van der Waals surface area (Å²) in [4.78, 5) is 13.0. The van der Waals surface area contributed by atoms with Gasteiger partial charge < -0.3 is 10.6 Å². The van der Waals surface area contributed by atoms with Crippen LogP contribution >= 0.6 is 12.4 Å². The Bertz CT molecular complexity index is 796. The Labute approximate surface area is 186 Å². The Kier molecular flexibility index (Phi) is 9.31. The van der Waals surface area contributed by atoms with Crippen molar-refractivity contribution in [3.63, 3.8) is 0 Å². The number of hydrogen-bond acceptors (Lipinski definition) is 4. The first-order valence-electron chi connectivity index (χ1n) is 11.0. The van der Waals surface area contributed by atoms with E-state index in [9.17, 15) is 4.79 Å². The summed E-state index contributed by atoms with van der Waals surface area (Å²) in [6.07, 6.45) is 5.54. The van der Waals surface area contributed by atoms with Crippen LogP contribution < -0.4 is 10.6 Å². The maximum atomic E-state index is 13.0. The second-order valence-electron chi connectivity index (χ2n) is 8.49. The average Bonchev–Trinajstić information content (AvgIpc) is 3.12. The molecule has 2 N–H and O–H groups in total. The molecule has 1 aliphatic heterocycles. The first kappa shape index (κ1) is 24.4. The van der Waals surface area contributed by atoms with E-state index < -0.39 is 0 Å². The van der Waals surface area contributed by atoms with Gasteiger partial charge in [0.2, 0.25) is 0 Å². The number of unbranched alkanes of at least 4 members (excludes halogenated alkanes) is 1. The molecule has 0 bridgehead atoms. The van der Waals surface area contributed by atoms with Gasteiger partial charge in [-0.2, -0.15) is 0 Å². The first-order valence-corrected chi connectivity index (χ1v) is 11.0. The molecule has 0 aliphatic carbocycles. The van der Waals surface area contributed by atoms with E-state index in [2.05, 4.69) is 66.0 Å². The largest absolute Gasteiger partial charge is 0.344 e. The molecule has 1 aromatic carbocycles. The number of nitrogens with one attached hydrogen (secondary N) is 2. The molecule has 2 aromatic rings. The topological polar surface area (TPSA) is 71.8 Å². The van der Waals surface area contributed by atoms with Crippen molar-refractivity contribution in [1.82, 2.24) is 25.6 Å². The summed E-state index contributed by atoms with van der Waals surface area (Å²) in [6, 6.07) is 8.94. The van der Waals surface area contributed by atoms with E-state index >= 15 is 0 Å². The minimum atomic E-state index is -0.142. The number of halogens is 1. The van der Waals surface area contributed by atoms with Gasteiger partial charge in [0.15, 0.2) is 5.69 Å². The standard InChI is InChI=1S/C23H35N5O.ClH/c1-5-6-7-18-8-10-19(11-9-18)21(16(2)3)25-23(29)22-17(4)28(27-26-22)20-12-14-24-15-13-20;/h8-11,16,20-21,24H,5-7,12-15H2,1-4H3,(H,25,29);1H. The van der Waals surface area contributed by atoms with Crippen molar-refractivity contribution in [2.24, 2.45) is 5.92 Å². The number of rotatable bonds is 8. The lowest BCUT2D eigenvalue weighted by Crippen LogP contribution is -2.33. The van der Waals surface area contributed by atoms with Gasteiger partial charge in [0.05, 0.1) is 17.8 Å². The third-order valence-electron chi connectivity index (χ3n) is 5.91. The number of benzene rings is 1. The maximum absolute atomic E-state index is 13.0. The Morgan fingerprint density at radius 1 is 1.23 bits per heavy atom. The van der Waals surface area contributed by atoms with E-state index in [0.717, 1.165) is 43.6 Å². The molecule has 30 heavy (non-hydrogen) atoms. The highest BCUT2D eigenvalue weighted by Crippen LogP contribution is 2.24. The quantitative estimate of drug-likeness (QED) is 0.647. The predicted molar refractivity (Wildman–Crippen MR) is 123 cm³/mol. The third kappa shape index (κ3) is 5.82. The summed E-state index contributed by atoms with van der Waals surface area (Å²) in [5.74, 6) is 0.136. The molecule has 1 fully saturated rings. The molecule has 3 rings (SSSR count). The van der Waals surface area contributed by atoms with Gasteiger partial charge in [-0.05, 0) is 62.7 Å². The molecule has 7 heteroatoms. The van der Waals surface area contributed by atoms with Crippen LogP contribution in [0.25, 0.3) is 0 Å². The van der Waals surface area contributed by atoms with Crippen molar-refractivity contribution in [2.75, 3.05) is 13.1 Å². The van der Waals surface area contributed by atoms with E-state index in [1.165, 1.54) is 18.4 Å². The van der Waals surface area contributed by atoms with Crippen LogP contribution in [0.15, 0.2) is 24.3 Å². The summed E-state index contributed by atoms with van der Waals surface area (Å²) in [5.41, 5.74) is 3.78. The monoisotopic (exact) mass is 433 g/mol. The molecule has 0 spiro atoms. The van der Waals surface area contributed by atoms with E-state index in [4.69, 9.17) is 0 Å². The van der Waals surface area contributed by atoms with Gasteiger partial charge in [-0.1, -0.05) is 56.7 Å². The lowest BCUT2D eigenvalue weighted by molar-refractivity contribution is 0.0919. The molecule has 1 aliphatic rings. The lowest BCUT2D eigenvalue weighted by Gasteiger charge is -2.24. The zero-order valence-electron chi connectivity index (χ0n) is 18.6. The van der Waals surface area contributed by atoms with Crippen LogP contribution in [0.3, 0.4) is 0 Å². The van der Waals surface area contributed by atoms with Gasteiger partial charge in [-0.3, -0.25) is 4.79 Å². The van der Waals surface area contributed by atoms with E-state index in [0.29, 0.717) is 11.7 Å². The summed E-state index contributed by atoms with van der Waals surface area (Å²) in [6.45, 7) is 10.4. The number of aryl methyl sites for hydroxylation is 1. The molecule has 6 nitrogen and oxygen atoms in total. The van der Waals surface area contributed by atoms with Crippen molar-refractivity contribution >= 4 is 18.3 Å². The summed E-state index contributed by atoms with van der Waals surface area (Å²) in [5, 5.41) is 15.1. The first-order chi connectivity index (χ1) is 14.0. The van der Waals surface area contributed by atoms with Gasteiger partial charge in [-0.25, -0.2) is 4.68 Å². The number of carbonyl (C=O) groups is 1. The van der Waals surface area contributed by atoms with Crippen LogP contribution in [0.5, 0.6) is 0 Å². The SMILES string of the molecule is CCCCc1ccc(C(NC(=O)c2nnn(C3CCNCC3)c2C)C(C)C)cc1.Cl. The summed E-state index contributed by atoms with van der Waals surface area (Å²) < 4.78 is 1.93. The molecular weight excluding hydrogens is 398 g/mol. The van der Waals surface area contributed by atoms with E-state index in [-0.39, 0.29) is 30.3 Å². The number of amides is 1. The molecule has 1 saturated heterocycles. The van der Waals surface area contributed by atoms with E-state index in [1.807, 2.05) is 11.6 Å². The fourth-order valence-electron chi connectivity index (χ4n) is 4.07. The Morgan fingerprint density at radius 2 is 1.90 bits per heavy atom. The molecule has 1 unspecified atom stereocenters. The van der Waals surface area contributed by atoms with Gasteiger partial charge >= 0.3 is 0 Å². The second kappa shape index (κ2) is 11.5. The van der Waals surface area contributed by atoms with Gasteiger partial charge in [0, 0.05) is 0 Å². The molecule has 0 saturated carbocycles. The number of aromatic nitrogens is 3. The number of carbonyl (C=O) groups excluding carboxylic acids is 1. The summed E-state index contributed by atoms with van der Waals surface area (Å²) in [7, 11) is 0. The van der Waals surface area contributed by atoms with Crippen molar-refractivity contribution in [3.05, 3.63) is 46.8 Å². The Morgan fingerprint density at radius 3 is 2.50 bits per heavy atom. The maximum Gasteiger partial charge on any atom is 0.274 e. The highest BCUT2D eigenvalue weighted by atomic mass is 35.5. The Hall–Kier alpha value is -1.92. The molecule has 2 heterocycles. The molecule has 1 aromatic heterocycles. The van der Waals surface area contributed by atoms with Crippen LogP contribution in [-0.4, -0.2) is 34.0 Å².